The van der Waals surface area contributed by atoms with Crippen molar-refractivity contribution in [3.05, 3.63) is 27.9 Å². The minimum atomic E-state index is -0.403. The van der Waals surface area contributed by atoms with Crippen molar-refractivity contribution in [2.75, 3.05) is 26.0 Å². The van der Waals surface area contributed by atoms with Crippen molar-refractivity contribution in [3.8, 4) is 0 Å². The van der Waals surface area contributed by atoms with Gasteiger partial charge < -0.3 is 10.2 Å². The summed E-state index contributed by atoms with van der Waals surface area (Å²) in [4.78, 5) is 16.8. The van der Waals surface area contributed by atoms with Gasteiger partial charge in [-0.2, -0.15) is 0 Å². The highest BCUT2D eigenvalue weighted by atomic mass is 16.6. The topological polar surface area (TPSA) is 71.3 Å². The third kappa shape index (κ3) is 2.68. The smallest absolute Gasteiger partial charge is 0.290 e. The largest absolute Gasteiger partial charge is 0.368 e. The first-order chi connectivity index (χ1) is 8.94. The molecule has 19 heavy (non-hydrogen) atoms. The van der Waals surface area contributed by atoms with Gasteiger partial charge in [-0.05, 0) is 46.3 Å². The third-order valence-electron chi connectivity index (χ3n) is 4.09. The molecule has 0 unspecified atom stereocenters. The summed E-state index contributed by atoms with van der Waals surface area (Å²) in [6.07, 6.45) is 3.62. The molecule has 1 aliphatic carbocycles. The van der Waals surface area contributed by atoms with Crippen LogP contribution in [0.25, 0.3) is 0 Å². The number of likely N-dealkylation sites (N-methyl/N-ethyl adjacent to an activating group) is 1. The zero-order valence-corrected chi connectivity index (χ0v) is 11.6. The van der Waals surface area contributed by atoms with Crippen LogP contribution in [0, 0.1) is 17.0 Å². The summed E-state index contributed by atoms with van der Waals surface area (Å²) in [5.41, 5.74) is 0.719. The standard InChI is InChI=1S/C13H20N4O2/c1-10-11(17(18)19)5-6-12(15-10)14-9-13(16(2)3)7-4-8-13/h5-6H,4,7-9H2,1-3H3,(H,14,15). The van der Waals surface area contributed by atoms with E-state index in [0.29, 0.717) is 11.5 Å². The summed E-state index contributed by atoms with van der Waals surface area (Å²) in [5.74, 6) is 0.705. The van der Waals surface area contributed by atoms with E-state index >= 15 is 0 Å². The van der Waals surface area contributed by atoms with E-state index < -0.39 is 4.92 Å². The van der Waals surface area contributed by atoms with Gasteiger partial charge >= 0.3 is 0 Å². The molecule has 6 heteroatoms. The molecular formula is C13H20N4O2. The molecule has 1 N–H and O–H groups in total. The second-order valence-electron chi connectivity index (χ2n) is 5.38. The van der Waals surface area contributed by atoms with Crippen LogP contribution in [-0.2, 0) is 0 Å². The van der Waals surface area contributed by atoms with Gasteiger partial charge in [0, 0.05) is 18.2 Å². The first-order valence-corrected chi connectivity index (χ1v) is 6.48. The molecule has 1 aromatic rings. The zero-order valence-electron chi connectivity index (χ0n) is 11.6. The second kappa shape index (κ2) is 5.13. The molecule has 0 aliphatic heterocycles. The third-order valence-corrected chi connectivity index (χ3v) is 4.09. The number of nitrogens with one attached hydrogen (secondary N) is 1. The molecule has 1 aliphatic rings. The molecule has 6 nitrogen and oxygen atoms in total. The number of aromatic nitrogens is 1. The van der Waals surface area contributed by atoms with Crippen molar-refractivity contribution in [1.29, 1.82) is 0 Å². The maximum absolute atomic E-state index is 10.7. The number of aryl methyl sites for hydroxylation is 1. The van der Waals surface area contributed by atoms with Crippen LogP contribution in [0.1, 0.15) is 25.0 Å². The maximum Gasteiger partial charge on any atom is 0.290 e. The maximum atomic E-state index is 10.7. The summed E-state index contributed by atoms with van der Waals surface area (Å²) in [6, 6.07) is 3.18. The van der Waals surface area contributed by atoms with Gasteiger partial charge in [0.05, 0.1) is 4.92 Å². The molecule has 1 aromatic heterocycles. The molecule has 1 saturated carbocycles. The number of nitrogens with zero attached hydrogens (tertiary/aromatic N) is 3. The fourth-order valence-corrected chi connectivity index (χ4v) is 2.47. The van der Waals surface area contributed by atoms with Gasteiger partial charge in [0.1, 0.15) is 11.5 Å². The highest BCUT2D eigenvalue weighted by Crippen LogP contribution is 2.36. The highest BCUT2D eigenvalue weighted by Gasteiger charge is 2.38. The van der Waals surface area contributed by atoms with Crippen molar-refractivity contribution in [1.82, 2.24) is 9.88 Å². The van der Waals surface area contributed by atoms with Crippen molar-refractivity contribution in [2.45, 2.75) is 31.7 Å². The van der Waals surface area contributed by atoms with Crippen LogP contribution < -0.4 is 5.32 Å². The molecule has 0 saturated heterocycles. The fourth-order valence-electron chi connectivity index (χ4n) is 2.47. The first-order valence-electron chi connectivity index (χ1n) is 6.48. The van der Waals surface area contributed by atoms with Crippen LogP contribution in [0.4, 0.5) is 11.5 Å². The summed E-state index contributed by atoms with van der Waals surface area (Å²) in [7, 11) is 4.19. The van der Waals surface area contributed by atoms with Crippen LogP contribution in [0.5, 0.6) is 0 Å². The SMILES string of the molecule is Cc1nc(NCC2(N(C)C)CCC2)ccc1[N+](=O)[O-]. The average molecular weight is 264 g/mol. The van der Waals surface area contributed by atoms with Crippen molar-refractivity contribution < 1.29 is 4.92 Å². The molecule has 104 valence electrons. The highest BCUT2D eigenvalue weighted by molar-refractivity contribution is 5.45. The van der Waals surface area contributed by atoms with Crippen LogP contribution >= 0.6 is 0 Å². The molecule has 0 atom stereocenters. The van der Waals surface area contributed by atoms with E-state index in [9.17, 15) is 10.1 Å². The van der Waals surface area contributed by atoms with Gasteiger partial charge in [-0.3, -0.25) is 10.1 Å². The quantitative estimate of drug-likeness (QED) is 0.652. The summed E-state index contributed by atoms with van der Waals surface area (Å²) < 4.78 is 0. The molecule has 2 rings (SSSR count). The lowest BCUT2D eigenvalue weighted by Gasteiger charge is -2.47. The number of hydrogen-bond donors (Lipinski definition) is 1. The van der Waals surface area contributed by atoms with E-state index in [1.807, 2.05) is 0 Å². The Morgan fingerprint density at radius 2 is 2.16 bits per heavy atom. The predicted octanol–water partition coefficient (Wildman–Crippen LogP) is 2.19. The lowest BCUT2D eigenvalue weighted by Crippen LogP contribution is -2.54. The molecule has 0 radical (unpaired) electrons. The van der Waals surface area contributed by atoms with Gasteiger partial charge in [-0.25, -0.2) is 4.98 Å². The number of pyridine rings is 1. The Balaban J connectivity index is 2.04. The minimum Gasteiger partial charge on any atom is -0.368 e. The van der Waals surface area contributed by atoms with Crippen molar-refractivity contribution in [3.63, 3.8) is 0 Å². The Morgan fingerprint density at radius 3 is 2.58 bits per heavy atom. The van der Waals surface area contributed by atoms with Crippen LogP contribution in [-0.4, -0.2) is 41.0 Å². The number of nitro groups is 1. The molecule has 0 bridgehead atoms. The monoisotopic (exact) mass is 264 g/mol. The first kappa shape index (κ1) is 13.7. The van der Waals surface area contributed by atoms with Crippen LogP contribution in [0.15, 0.2) is 12.1 Å². The van der Waals surface area contributed by atoms with Gasteiger partial charge in [-0.15, -0.1) is 0 Å². The van der Waals surface area contributed by atoms with Crippen LogP contribution in [0.2, 0.25) is 0 Å². The van der Waals surface area contributed by atoms with E-state index in [2.05, 4.69) is 29.3 Å². The Labute approximate surface area is 113 Å². The predicted molar refractivity (Wildman–Crippen MR) is 74.4 cm³/mol. The molecular weight excluding hydrogens is 244 g/mol. The molecule has 0 spiro atoms. The normalized spacial score (nSPS) is 17.1. The van der Waals surface area contributed by atoms with E-state index in [4.69, 9.17) is 0 Å². The second-order valence-corrected chi connectivity index (χ2v) is 5.38. The van der Waals surface area contributed by atoms with Gasteiger partial charge in [0.2, 0.25) is 0 Å². The van der Waals surface area contributed by atoms with Gasteiger partial charge in [0.25, 0.3) is 5.69 Å². The van der Waals surface area contributed by atoms with Crippen LogP contribution in [0.3, 0.4) is 0 Å². The zero-order chi connectivity index (χ0) is 14.0. The van der Waals surface area contributed by atoms with Gasteiger partial charge in [-0.1, -0.05) is 0 Å². The van der Waals surface area contributed by atoms with E-state index in [1.165, 1.54) is 25.3 Å². The lowest BCUT2D eigenvalue weighted by molar-refractivity contribution is -0.385. The fraction of sp³-hybridized carbons (Fsp3) is 0.615. The summed E-state index contributed by atoms with van der Waals surface area (Å²) >= 11 is 0. The number of anilines is 1. The Bertz CT molecular complexity index is 484. The Kier molecular flexibility index (Phi) is 3.71. The lowest BCUT2D eigenvalue weighted by atomic mass is 9.75. The molecule has 1 heterocycles. The average Bonchev–Trinajstić information content (AvgIpc) is 2.26. The molecule has 1 fully saturated rings. The minimum absolute atomic E-state index is 0.0662. The van der Waals surface area contributed by atoms with Crippen molar-refractivity contribution in [2.24, 2.45) is 0 Å². The molecule has 0 aromatic carbocycles. The Morgan fingerprint density at radius 1 is 1.47 bits per heavy atom. The summed E-state index contributed by atoms with van der Waals surface area (Å²) in [6.45, 7) is 2.48. The Hall–Kier alpha value is -1.69. The van der Waals surface area contributed by atoms with E-state index in [0.717, 1.165) is 6.54 Å². The number of hydrogen-bond acceptors (Lipinski definition) is 5. The summed E-state index contributed by atoms with van der Waals surface area (Å²) in [5, 5.41) is 14.0. The van der Waals surface area contributed by atoms with Crippen molar-refractivity contribution >= 4 is 11.5 Å². The number of rotatable bonds is 5. The van der Waals surface area contributed by atoms with Gasteiger partial charge in [0.15, 0.2) is 0 Å². The van der Waals surface area contributed by atoms with E-state index in [-0.39, 0.29) is 11.2 Å². The van der Waals surface area contributed by atoms with E-state index in [1.54, 1.807) is 13.0 Å². The molecule has 0 amide bonds.